The highest BCUT2D eigenvalue weighted by molar-refractivity contribution is 7.99. The van der Waals surface area contributed by atoms with Crippen molar-refractivity contribution in [1.82, 2.24) is 9.55 Å². The summed E-state index contributed by atoms with van der Waals surface area (Å²) in [5.41, 5.74) is 7.15. The molecule has 0 spiro atoms. The normalized spacial score (nSPS) is 11.2. The minimum Gasteiger partial charge on any atom is -0.497 e. The number of primary amides is 1. The van der Waals surface area contributed by atoms with Crippen molar-refractivity contribution >= 4 is 39.7 Å². The second kappa shape index (κ2) is 7.40. The van der Waals surface area contributed by atoms with Crippen LogP contribution in [0.4, 0.5) is 0 Å². The molecular formula is C20H17N3O4S. The van der Waals surface area contributed by atoms with Crippen molar-refractivity contribution in [2.45, 2.75) is 11.7 Å². The number of furan rings is 1. The zero-order valence-corrected chi connectivity index (χ0v) is 15.9. The van der Waals surface area contributed by atoms with Crippen molar-refractivity contribution < 1.29 is 13.9 Å². The van der Waals surface area contributed by atoms with Crippen molar-refractivity contribution in [3.05, 3.63) is 64.4 Å². The lowest BCUT2D eigenvalue weighted by Crippen LogP contribution is -2.24. The van der Waals surface area contributed by atoms with Gasteiger partial charge in [-0.05, 0) is 29.8 Å². The van der Waals surface area contributed by atoms with Gasteiger partial charge in [0.1, 0.15) is 16.8 Å². The predicted octanol–water partition coefficient (Wildman–Crippen LogP) is 2.78. The fourth-order valence-electron chi connectivity index (χ4n) is 2.95. The molecule has 0 atom stereocenters. The Morgan fingerprint density at radius 3 is 2.68 bits per heavy atom. The Labute approximate surface area is 164 Å². The third-order valence-corrected chi connectivity index (χ3v) is 5.29. The first-order chi connectivity index (χ1) is 13.6. The van der Waals surface area contributed by atoms with Gasteiger partial charge in [0.15, 0.2) is 5.16 Å². The maximum atomic E-state index is 13.2. The van der Waals surface area contributed by atoms with Crippen LogP contribution < -0.4 is 16.0 Å². The molecule has 2 N–H and O–H groups in total. The Hall–Kier alpha value is -3.26. The lowest BCUT2D eigenvalue weighted by Gasteiger charge is -2.11. The third-order valence-electron chi connectivity index (χ3n) is 4.29. The Balaban J connectivity index is 1.87. The number of nitrogens with zero attached hydrogens (tertiary/aromatic N) is 2. The van der Waals surface area contributed by atoms with Gasteiger partial charge in [0.05, 0.1) is 19.4 Å². The highest BCUT2D eigenvalue weighted by Crippen LogP contribution is 2.27. The van der Waals surface area contributed by atoms with Gasteiger partial charge in [-0.3, -0.25) is 14.2 Å². The maximum Gasteiger partial charge on any atom is 0.298 e. The van der Waals surface area contributed by atoms with Gasteiger partial charge in [-0.25, -0.2) is 4.98 Å². The summed E-state index contributed by atoms with van der Waals surface area (Å²) in [6, 6.07) is 14.7. The number of carbonyl (C=O) groups is 1. The van der Waals surface area contributed by atoms with E-state index in [2.05, 4.69) is 4.98 Å². The molecule has 4 aromatic rings. The smallest absolute Gasteiger partial charge is 0.298 e. The molecule has 0 aliphatic rings. The molecule has 2 aromatic carbocycles. The van der Waals surface area contributed by atoms with Crippen LogP contribution in [-0.2, 0) is 11.3 Å². The number of nitrogens with two attached hydrogens (primary N) is 1. The molecule has 1 amide bonds. The quantitative estimate of drug-likeness (QED) is 0.398. The van der Waals surface area contributed by atoms with E-state index >= 15 is 0 Å². The zero-order chi connectivity index (χ0) is 19.7. The summed E-state index contributed by atoms with van der Waals surface area (Å²) in [6.45, 7) is 0.282. The van der Waals surface area contributed by atoms with E-state index in [1.165, 1.54) is 4.57 Å². The van der Waals surface area contributed by atoms with Crippen LogP contribution in [0, 0.1) is 0 Å². The van der Waals surface area contributed by atoms with Gasteiger partial charge in [-0.1, -0.05) is 36.0 Å². The Bertz CT molecular complexity index is 1230. The summed E-state index contributed by atoms with van der Waals surface area (Å²) < 4.78 is 12.4. The minimum absolute atomic E-state index is 0.0241. The number of carbonyl (C=O) groups excluding carboxylic acids is 1. The first-order valence-corrected chi connectivity index (χ1v) is 9.51. The van der Waals surface area contributed by atoms with E-state index in [9.17, 15) is 9.59 Å². The van der Waals surface area contributed by atoms with E-state index in [1.807, 2.05) is 42.5 Å². The summed E-state index contributed by atoms with van der Waals surface area (Å²) in [5, 5.41) is 1.17. The number of ether oxygens (including phenoxy) is 1. The van der Waals surface area contributed by atoms with Crippen molar-refractivity contribution in [2.75, 3.05) is 12.9 Å². The highest BCUT2D eigenvalue weighted by atomic mass is 32.2. The van der Waals surface area contributed by atoms with Gasteiger partial charge in [0.25, 0.3) is 5.56 Å². The van der Waals surface area contributed by atoms with Gasteiger partial charge in [-0.2, -0.15) is 0 Å². The predicted molar refractivity (Wildman–Crippen MR) is 108 cm³/mol. The molecule has 0 unspecified atom stereocenters. The third kappa shape index (κ3) is 3.34. The number of para-hydroxylation sites is 1. The fourth-order valence-corrected chi connectivity index (χ4v) is 3.68. The molecule has 0 fully saturated rings. The molecule has 7 nitrogen and oxygen atoms in total. The number of aromatic nitrogens is 2. The van der Waals surface area contributed by atoms with E-state index in [0.29, 0.717) is 16.3 Å². The van der Waals surface area contributed by atoms with Crippen LogP contribution in [0.2, 0.25) is 0 Å². The first kappa shape index (κ1) is 18.1. The largest absolute Gasteiger partial charge is 0.497 e. The molecule has 28 heavy (non-hydrogen) atoms. The highest BCUT2D eigenvalue weighted by Gasteiger charge is 2.18. The van der Waals surface area contributed by atoms with Crippen molar-refractivity contribution in [2.24, 2.45) is 5.73 Å². The van der Waals surface area contributed by atoms with E-state index in [4.69, 9.17) is 14.9 Å². The van der Waals surface area contributed by atoms with Crippen LogP contribution in [-0.4, -0.2) is 28.3 Å². The maximum absolute atomic E-state index is 13.2. The second-order valence-electron chi connectivity index (χ2n) is 6.16. The van der Waals surface area contributed by atoms with Crippen molar-refractivity contribution in [3.63, 3.8) is 0 Å². The molecule has 8 heteroatoms. The molecule has 0 saturated carbocycles. The molecule has 2 aromatic heterocycles. The van der Waals surface area contributed by atoms with E-state index in [0.717, 1.165) is 28.5 Å². The van der Waals surface area contributed by atoms with Crippen molar-refractivity contribution in [1.29, 1.82) is 0 Å². The molecule has 2 heterocycles. The number of rotatable bonds is 6. The summed E-state index contributed by atoms with van der Waals surface area (Å²) in [7, 11) is 1.59. The lowest BCUT2D eigenvalue weighted by atomic mass is 10.2. The molecule has 0 aliphatic heterocycles. The van der Waals surface area contributed by atoms with Gasteiger partial charge in [0, 0.05) is 5.39 Å². The molecule has 0 radical (unpaired) electrons. The van der Waals surface area contributed by atoms with Crippen LogP contribution in [0.5, 0.6) is 5.75 Å². The van der Waals surface area contributed by atoms with Crippen LogP contribution in [0.3, 0.4) is 0 Å². The lowest BCUT2D eigenvalue weighted by molar-refractivity contribution is -0.115. The summed E-state index contributed by atoms with van der Waals surface area (Å²) in [5.74, 6) is 0.272. The summed E-state index contributed by atoms with van der Waals surface area (Å²) in [6.07, 6.45) is 0. The number of benzene rings is 2. The molecule has 0 saturated heterocycles. The number of hydrogen-bond acceptors (Lipinski definition) is 6. The average molecular weight is 395 g/mol. The Morgan fingerprint density at radius 2 is 1.96 bits per heavy atom. The Kier molecular flexibility index (Phi) is 4.79. The van der Waals surface area contributed by atoms with Crippen molar-refractivity contribution in [3.8, 4) is 5.75 Å². The number of fused-ring (bicyclic) bond motifs is 3. The standard InChI is InChI=1S/C20H17N3O4S/c1-26-13-8-6-12(7-9-13)10-23-19(25)18-17(22-20(23)28-11-16(21)24)14-4-2-3-5-15(14)27-18/h2-9H,10-11H2,1H3,(H2,21,24). The first-order valence-electron chi connectivity index (χ1n) is 8.53. The van der Waals surface area contributed by atoms with Gasteiger partial charge < -0.3 is 14.9 Å². The van der Waals surface area contributed by atoms with Gasteiger partial charge in [0.2, 0.25) is 11.5 Å². The SMILES string of the molecule is COc1ccc(Cn2c(SCC(N)=O)nc3c(oc4ccccc43)c2=O)cc1. The molecule has 142 valence electrons. The molecular weight excluding hydrogens is 378 g/mol. The number of hydrogen-bond donors (Lipinski definition) is 1. The van der Waals surface area contributed by atoms with Crippen LogP contribution in [0.25, 0.3) is 22.1 Å². The zero-order valence-electron chi connectivity index (χ0n) is 15.0. The van der Waals surface area contributed by atoms with Crippen LogP contribution in [0.1, 0.15) is 5.56 Å². The number of thioether (sulfide) groups is 1. The van der Waals surface area contributed by atoms with E-state index in [-0.39, 0.29) is 23.4 Å². The monoisotopic (exact) mass is 395 g/mol. The molecule has 0 aliphatic carbocycles. The van der Waals surface area contributed by atoms with E-state index in [1.54, 1.807) is 13.2 Å². The second-order valence-corrected chi connectivity index (χ2v) is 7.11. The minimum atomic E-state index is -0.479. The number of methoxy groups -OCH3 is 1. The fraction of sp³-hybridized carbons (Fsp3) is 0.150. The topological polar surface area (TPSA) is 100 Å². The van der Waals surface area contributed by atoms with Gasteiger partial charge >= 0.3 is 0 Å². The average Bonchev–Trinajstić information content (AvgIpc) is 3.08. The summed E-state index contributed by atoms with van der Waals surface area (Å²) >= 11 is 1.13. The summed E-state index contributed by atoms with van der Waals surface area (Å²) in [4.78, 5) is 29.1. The van der Waals surface area contributed by atoms with Crippen LogP contribution in [0.15, 0.2) is 62.9 Å². The molecule has 0 bridgehead atoms. The van der Waals surface area contributed by atoms with Gasteiger partial charge in [-0.15, -0.1) is 0 Å². The van der Waals surface area contributed by atoms with Crippen LogP contribution >= 0.6 is 11.8 Å². The molecule has 4 rings (SSSR count). The number of amides is 1. The van der Waals surface area contributed by atoms with E-state index < -0.39 is 5.91 Å². The Morgan fingerprint density at radius 1 is 1.21 bits per heavy atom.